The summed E-state index contributed by atoms with van der Waals surface area (Å²) < 4.78 is 7.59. The summed E-state index contributed by atoms with van der Waals surface area (Å²) >= 11 is 1.89. The van der Waals surface area contributed by atoms with Gasteiger partial charge in [0.05, 0.1) is 6.54 Å². The maximum absolute atomic E-state index is 11.1. The molecule has 0 radical (unpaired) electrons. The van der Waals surface area contributed by atoms with E-state index in [0.717, 1.165) is 0 Å². The fourth-order valence-corrected chi connectivity index (χ4v) is 0.677. The van der Waals surface area contributed by atoms with Crippen LogP contribution in [0.4, 0.5) is 4.79 Å². The highest BCUT2D eigenvalue weighted by Gasteiger charge is 2.14. The van der Waals surface area contributed by atoms with E-state index in [-0.39, 0.29) is 6.54 Å². The zero-order valence-corrected chi connectivity index (χ0v) is 10.6. The largest absolute Gasteiger partial charge is 0.444 e. The highest BCUT2D eigenvalue weighted by molar-refractivity contribution is 14.1. The fourth-order valence-electron chi connectivity index (χ4n) is 0.543. The summed E-state index contributed by atoms with van der Waals surface area (Å²) in [5, 5.41) is 2.49. The van der Waals surface area contributed by atoms with Gasteiger partial charge in [-0.1, -0.05) is 5.92 Å². The van der Waals surface area contributed by atoms with Gasteiger partial charge >= 0.3 is 6.09 Å². The molecule has 0 fully saturated rings. The average Bonchev–Trinajstić information content (AvgIpc) is 2.00. The van der Waals surface area contributed by atoms with Gasteiger partial charge in [-0.15, -0.1) is 0 Å². The van der Waals surface area contributed by atoms with Gasteiger partial charge in [-0.3, -0.25) is 0 Å². The molecule has 0 aliphatic carbocycles. The summed E-state index contributed by atoms with van der Waals surface area (Å²) in [5.74, 6) is 7.78. The minimum Gasteiger partial charge on any atom is -0.444 e. The topological polar surface area (TPSA) is 38.3 Å². The zero-order chi connectivity index (χ0) is 11.0. The van der Waals surface area contributed by atoms with E-state index in [9.17, 15) is 4.79 Å². The molecule has 0 aromatic rings. The summed E-state index contributed by atoms with van der Waals surface area (Å²) in [6, 6.07) is 0. The third kappa shape index (κ3) is 9.21. The quantitative estimate of drug-likeness (QED) is 0.594. The van der Waals surface area contributed by atoms with Crippen LogP contribution in [-0.4, -0.2) is 18.2 Å². The van der Waals surface area contributed by atoms with Gasteiger partial charge in [-0.25, -0.2) is 4.79 Å². The molecule has 0 rings (SSSR count). The zero-order valence-electron chi connectivity index (χ0n) is 8.40. The van der Waals surface area contributed by atoms with E-state index in [1.54, 1.807) is 20.8 Å². The van der Waals surface area contributed by atoms with Gasteiger partial charge in [0.2, 0.25) is 0 Å². The van der Waals surface area contributed by atoms with Crippen LogP contribution in [0.25, 0.3) is 0 Å². The molecule has 76 valence electrons. The molecule has 3 nitrogen and oxygen atoms in total. The van der Waals surface area contributed by atoms with Crippen LogP contribution in [0.5, 0.6) is 0 Å². The number of ether oxygens (including phenoxy) is 1. The van der Waals surface area contributed by atoms with E-state index >= 15 is 0 Å². The van der Waals surface area contributed by atoms with Gasteiger partial charge in [0.25, 0.3) is 0 Å². The molecule has 0 atom stereocenters. The van der Waals surface area contributed by atoms with Crippen LogP contribution in [0.3, 0.4) is 0 Å². The van der Waals surface area contributed by atoms with Crippen LogP contribution >= 0.6 is 22.6 Å². The predicted octanol–water partition coefficient (Wildman–Crippen LogP) is 1.91. The van der Waals surface area contributed by atoms with Crippen LogP contribution < -0.4 is 5.32 Å². The first-order chi connectivity index (χ1) is 6.45. The molecule has 0 heterocycles. The average molecular weight is 305 g/mol. The van der Waals surface area contributed by atoms with E-state index in [1.807, 2.05) is 22.6 Å². The fraction of sp³-hybridized carbons (Fsp3) is 0.500. The van der Waals surface area contributed by atoms with E-state index in [2.05, 4.69) is 27.0 Å². The van der Waals surface area contributed by atoms with Crippen molar-refractivity contribution in [3.63, 3.8) is 0 Å². The molecule has 0 saturated heterocycles. The first-order valence-electron chi connectivity index (χ1n) is 4.01. The molecule has 0 saturated carbocycles. The maximum Gasteiger partial charge on any atom is 0.408 e. The highest BCUT2D eigenvalue weighted by Crippen LogP contribution is 2.05. The number of halogens is 1. The van der Waals surface area contributed by atoms with Crippen molar-refractivity contribution in [1.29, 1.82) is 0 Å². The molecule has 14 heavy (non-hydrogen) atoms. The second-order valence-corrected chi connectivity index (χ2v) is 3.92. The molecular weight excluding hydrogens is 293 g/mol. The third-order valence-electron chi connectivity index (χ3n) is 0.918. The lowest BCUT2D eigenvalue weighted by Gasteiger charge is -2.18. The van der Waals surface area contributed by atoms with E-state index in [1.165, 1.54) is 0 Å². The molecular formula is C10H12INO2. The lowest BCUT2D eigenvalue weighted by Crippen LogP contribution is -2.32. The molecule has 1 amide bonds. The van der Waals surface area contributed by atoms with Crippen LogP contribution in [0.15, 0.2) is 0 Å². The van der Waals surface area contributed by atoms with Gasteiger partial charge in [-0.2, -0.15) is 0 Å². The second kappa shape index (κ2) is 6.56. The number of nitrogens with one attached hydrogen (secondary N) is 1. The summed E-state index contributed by atoms with van der Waals surface area (Å²) in [6.45, 7) is 5.67. The Morgan fingerprint density at radius 3 is 2.57 bits per heavy atom. The Bertz CT molecular complexity index is 309. The SMILES string of the molecule is CC(C)(C)OC(=O)NCC#CC#CI. The molecule has 1 N–H and O–H groups in total. The molecule has 0 aromatic heterocycles. The minimum atomic E-state index is -0.473. The van der Waals surface area contributed by atoms with Crippen molar-refractivity contribution in [2.45, 2.75) is 26.4 Å². The van der Waals surface area contributed by atoms with Crippen LogP contribution in [-0.2, 0) is 4.74 Å². The number of alkyl carbamates (subject to hydrolysis) is 1. The van der Waals surface area contributed by atoms with Gasteiger partial charge in [0.15, 0.2) is 0 Å². The second-order valence-electron chi connectivity index (χ2n) is 3.38. The Morgan fingerprint density at radius 1 is 1.43 bits per heavy atom. The maximum atomic E-state index is 11.1. The molecule has 0 bridgehead atoms. The summed E-state index contributed by atoms with van der Waals surface area (Å²) in [5.41, 5.74) is -0.473. The Balaban J connectivity index is 3.76. The highest BCUT2D eigenvalue weighted by atomic mass is 127. The Hall–Kier alpha value is -0.880. The predicted molar refractivity (Wildman–Crippen MR) is 63.8 cm³/mol. The lowest BCUT2D eigenvalue weighted by atomic mass is 10.2. The molecule has 0 unspecified atom stereocenters. The number of carbonyl (C=O) groups excluding carboxylic acids is 1. The Kier molecular flexibility index (Phi) is 6.14. The van der Waals surface area contributed by atoms with Crippen LogP contribution in [0.1, 0.15) is 20.8 Å². The van der Waals surface area contributed by atoms with Crippen molar-refractivity contribution in [3.05, 3.63) is 0 Å². The van der Waals surface area contributed by atoms with Gasteiger partial charge in [0, 0.05) is 22.6 Å². The molecule has 0 aliphatic rings. The van der Waals surface area contributed by atoms with Gasteiger partial charge in [0.1, 0.15) is 5.60 Å². The van der Waals surface area contributed by atoms with Crippen molar-refractivity contribution in [1.82, 2.24) is 5.32 Å². The smallest absolute Gasteiger partial charge is 0.408 e. The van der Waals surface area contributed by atoms with Crippen molar-refractivity contribution in [3.8, 4) is 21.7 Å². The first kappa shape index (κ1) is 13.1. The van der Waals surface area contributed by atoms with Gasteiger partial charge < -0.3 is 10.1 Å². The normalized spacial score (nSPS) is 8.86. The van der Waals surface area contributed by atoms with Crippen molar-refractivity contribution in [2.75, 3.05) is 6.54 Å². The van der Waals surface area contributed by atoms with E-state index < -0.39 is 11.7 Å². The minimum absolute atomic E-state index is 0.250. The van der Waals surface area contributed by atoms with E-state index in [0.29, 0.717) is 0 Å². The molecule has 4 heteroatoms. The third-order valence-corrected chi connectivity index (χ3v) is 1.19. The number of rotatable bonds is 1. The van der Waals surface area contributed by atoms with E-state index in [4.69, 9.17) is 4.74 Å². The van der Waals surface area contributed by atoms with Crippen LogP contribution in [0.2, 0.25) is 0 Å². The van der Waals surface area contributed by atoms with Crippen molar-refractivity contribution < 1.29 is 9.53 Å². The van der Waals surface area contributed by atoms with Crippen LogP contribution in [0, 0.1) is 21.7 Å². The number of amides is 1. The summed E-state index contributed by atoms with van der Waals surface area (Å²) in [7, 11) is 0. The lowest BCUT2D eigenvalue weighted by molar-refractivity contribution is 0.0535. The molecule has 0 spiro atoms. The van der Waals surface area contributed by atoms with Gasteiger partial charge in [-0.05, 0) is 36.5 Å². The standard InChI is InChI=1S/C10H12INO2/c1-10(2,3)14-9(13)12-8-6-4-5-7-11/h8H2,1-3H3,(H,12,13). The number of carbonyl (C=O) groups is 1. The number of hydrogen-bond donors (Lipinski definition) is 1. The van der Waals surface area contributed by atoms with Crippen molar-refractivity contribution >= 4 is 28.7 Å². The number of hydrogen-bond acceptors (Lipinski definition) is 2. The summed E-state index contributed by atoms with van der Waals surface area (Å²) in [4.78, 5) is 11.1. The summed E-state index contributed by atoms with van der Waals surface area (Å²) in [6.07, 6.45) is -0.464. The van der Waals surface area contributed by atoms with Crippen molar-refractivity contribution in [2.24, 2.45) is 0 Å². The Labute approximate surface area is 98.1 Å². The monoisotopic (exact) mass is 305 g/mol. The first-order valence-corrected chi connectivity index (χ1v) is 5.09. The molecule has 0 aromatic carbocycles. The Morgan fingerprint density at radius 2 is 2.07 bits per heavy atom. The molecule has 0 aliphatic heterocycles.